The molecule has 1 saturated carbocycles. The molecule has 0 spiro atoms. The van der Waals surface area contributed by atoms with Crippen molar-refractivity contribution >= 4 is 11.8 Å². The lowest BCUT2D eigenvalue weighted by molar-refractivity contribution is 0.0981. The Kier molecular flexibility index (Phi) is 3.44. The van der Waals surface area contributed by atoms with Crippen molar-refractivity contribution in [3.05, 3.63) is 24.3 Å². The molecule has 1 aliphatic heterocycles. The van der Waals surface area contributed by atoms with Crippen LogP contribution in [0.2, 0.25) is 0 Å². The van der Waals surface area contributed by atoms with Gasteiger partial charge in [-0.05, 0) is 37.3 Å². The number of carbonyl (C=O) groups is 1. The molecular formula is C14H18N2O3. The molecule has 0 radical (unpaired) electrons. The summed E-state index contributed by atoms with van der Waals surface area (Å²) in [6.45, 7) is 2.34. The Morgan fingerprint density at radius 3 is 2.89 bits per heavy atom. The molecule has 0 unspecified atom stereocenters. The van der Waals surface area contributed by atoms with Crippen molar-refractivity contribution < 1.29 is 14.4 Å². The highest BCUT2D eigenvalue weighted by Gasteiger charge is 2.22. The lowest BCUT2D eigenvalue weighted by Crippen LogP contribution is -2.43. The van der Waals surface area contributed by atoms with Crippen LogP contribution in [-0.4, -0.2) is 30.7 Å². The summed E-state index contributed by atoms with van der Waals surface area (Å²) >= 11 is 0. The molecular weight excluding hydrogens is 244 g/mol. The normalized spacial score (nSPS) is 17.6. The first kappa shape index (κ1) is 12.1. The van der Waals surface area contributed by atoms with E-state index in [1.807, 2.05) is 24.3 Å². The molecule has 1 heterocycles. The first-order valence-electron chi connectivity index (χ1n) is 6.76. The molecule has 0 atom stereocenters. The van der Waals surface area contributed by atoms with Gasteiger partial charge in [-0.25, -0.2) is 10.3 Å². The van der Waals surface area contributed by atoms with E-state index in [1.165, 1.54) is 12.8 Å². The summed E-state index contributed by atoms with van der Waals surface area (Å²) in [5.74, 6) is 1.53. The van der Waals surface area contributed by atoms with E-state index in [0.29, 0.717) is 0 Å². The van der Waals surface area contributed by atoms with E-state index < -0.39 is 0 Å². The van der Waals surface area contributed by atoms with Gasteiger partial charge in [-0.2, -0.15) is 0 Å². The van der Waals surface area contributed by atoms with Crippen LogP contribution in [0.25, 0.3) is 0 Å². The van der Waals surface area contributed by atoms with Gasteiger partial charge < -0.3 is 14.5 Å². The van der Waals surface area contributed by atoms with Crippen LogP contribution in [0, 0.1) is 5.92 Å². The van der Waals surface area contributed by atoms with Gasteiger partial charge >= 0.3 is 6.09 Å². The topological polar surface area (TPSA) is 50.8 Å². The zero-order valence-corrected chi connectivity index (χ0v) is 10.8. The quantitative estimate of drug-likeness (QED) is 0.829. The second-order valence-electron chi connectivity index (χ2n) is 5.09. The highest BCUT2D eigenvalue weighted by molar-refractivity contribution is 5.69. The number of rotatable bonds is 5. The van der Waals surface area contributed by atoms with Crippen molar-refractivity contribution in [1.29, 1.82) is 0 Å². The fourth-order valence-electron chi connectivity index (χ4n) is 1.81. The van der Waals surface area contributed by atoms with Crippen molar-refractivity contribution in [3.8, 4) is 5.75 Å². The predicted molar refractivity (Wildman–Crippen MR) is 71.0 cm³/mol. The van der Waals surface area contributed by atoms with Crippen LogP contribution in [-0.2, 0) is 4.84 Å². The third kappa shape index (κ3) is 3.30. The zero-order chi connectivity index (χ0) is 13.1. The molecule has 1 aliphatic carbocycles. The van der Waals surface area contributed by atoms with Crippen molar-refractivity contribution in [3.63, 3.8) is 0 Å². The van der Waals surface area contributed by atoms with Gasteiger partial charge in [0, 0.05) is 19.2 Å². The van der Waals surface area contributed by atoms with E-state index in [1.54, 1.807) is 4.90 Å². The van der Waals surface area contributed by atoms with E-state index in [-0.39, 0.29) is 6.09 Å². The second kappa shape index (κ2) is 5.38. The number of nitrogens with zero attached hydrogens (tertiary/aromatic N) is 1. The minimum Gasteiger partial charge on any atom is -0.493 e. The molecule has 1 saturated heterocycles. The van der Waals surface area contributed by atoms with E-state index in [2.05, 4.69) is 5.48 Å². The molecule has 1 N–H and O–H groups in total. The van der Waals surface area contributed by atoms with Crippen LogP contribution in [0.15, 0.2) is 24.3 Å². The molecule has 0 bridgehead atoms. The molecule has 2 fully saturated rings. The van der Waals surface area contributed by atoms with Crippen LogP contribution >= 0.6 is 0 Å². The van der Waals surface area contributed by atoms with Crippen molar-refractivity contribution in [2.45, 2.75) is 19.3 Å². The molecule has 19 heavy (non-hydrogen) atoms. The number of likely N-dealkylation sites (tertiary alicyclic amines) is 1. The Bertz CT molecular complexity index is 456. The summed E-state index contributed by atoms with van der Waals surface area (Å²) in [7, 11) is 0. The number of anilines is 1. The maximum Gasteiger partial charge on any atom is 0.434 e. The summed E-state index contributed by atoms with van der Waals surface area (Å²) in [5, 5.41) is 0. The molecule has 2 aliphatic rings. The average molecular weight is 262 g/mol. The minimum absolute atomic E-state index is 0.324. The Balaban J connectivity index is 1.48. The molecule has 1 aromatic carbocycles. The maximum atomic E-state index is 11.5. The van der Waals surface area contributed by atoms with Gasteiger partial charge in [-0.15, -0.1) is 0 Å². The van der Waals surface area contributed by atoms with Crippen LogP contribution < -0.4 is 10.2 Å². The standard InChI is InChI=1S/C14H18N2O3/c17-14(16-7-2-8-16)19-15-12-3-1-4-13(9-12)18-10-11-5-6-11/h1,3-4,9,11,15H,2,5-8,10H2. The van der Waals surface area contributed by atoms with Crippen LogP contribution in [0.4, 0.5) is 10.5 Å². The van der Waals surface area contributed by atoms with E-state index >= 15 is 0 Å². The Labute approximate surface area is 112 Å². The summed E-state index contributed by atoms with van der Waals surface area (Å²) in [6.07, 6.45) is 3.27. The molecule has 102 valence electrons. The van der Waals surface area contributed by atoms with E-state index in [4.69, 9.17) is 9.57 Å². The first-order valence-corrected chi connectivity index (χ1v) is 6.76. The summed E-state index contributed by atoms with van der Waals surface area (Å²) in [5.41, 5.74) is 3.39. The van der Waals surface area contributed by atoms with Crippen LogP contribution in [0.5, 0.6) is 5.75 Å². The SMILES string of the molecule is O=C(ONc1cccc(OCC2CC2)c1)N1CCC1. The van der Waals surface area contributed by atoms with Gasteiger partial charge in [0.2, 0.25) is 0 Å². The van der Waals surface area contributed by atoms with Crippen molar-refractivity contribution in [2.75, 3.05) is 25.2 Å². The number of amides is 1. The highest BCUT2D eigenvalue weighted by Crippen LogP contribution is 2.30. The van der Waals surface area contributed by atoms with Gasteiger partial charge in [0.05, 0.1) is 12.3 Å². The summed E-state index contributed by atoms with van der Waals surface area (Å²) in [4.78, 5) is 18.2. The molecule has 0 aromatic heterocycles. The van der Waals surface area contributed by atoms with Crippen LogP contribution in [0.1, 0.15) is 19.3 Å². The largest absolute Gasteiger partial charge is 0.493 e. The molecule has 1 amide bonds. The maximum absolute atomic E-state index is 11.5. The molecule has 5 heteroatoms. The summed E-state index contributed by atoms with van der Waals surface area (Å²) < 4.78 is 5.67. The number of hydrogen-bond acceptors (Lipinski definition) is 4. The van der Waals surface area contributed by atoms with Gasteiger partial charge in [-0.1, -0.05) is 6.07 Å². The lowest BCUT2D eigenvalue weighted by atomic mass is 10.2. The monoisotopic (exact) mass is 262 g/mol. The van der Waals surface area contributed by atoms with Crippen molar-refractivity contribution in [2.24, 2.45) is 5.92 Å². The van der Waals surface area contributed by atoms with E-state index in [9.17, 15) is 4.79 Å². The van der Waals surface area contributed by atoms with E-state index in [0.717, 1.165) is 43.5 Å². The highest BCUT2D eigenvalue weighted by atomic mass is 16.7. The fourth-order valence-corrected chi connectivity index (χ4v) is 1.81. The first-order chi connectivity index (χ1) is 9.31. The Morgan fingerprint density at radius 1 is 1.37 bits per heavy atom. The molecule has 1 aromatic rings. The second-order valence-corrected chi connectivity index (χ2v) is 5.09. The summed E-state index contributed by atoms with van der Waals surface area (Å²) in [6, 6.07) is 7.46. The Hall–Kier alpha value is -1.91. The lowest BCUT2D eigenvalue weighted by Gasteiger charge is -2.29. The smallest absolute Gasteiger partial charge is 0.434 e. The number of ether oxygens (including phenoxy) is 1. The van der Waals surface area contributed by atoms with Crippen LogP contribution in [0.3, 0.4) is 0 Å². The number of carbonyl (C=O) groups excluding carboxylic acids is 1. The number of benzene rings is 1. The predicted octanol–water partition coefficient (Wildman–Crippen LogP) is 2.64. The third-order valence-corrected chi connectivity index (χ3v) is 3.39. The number of hydrogen-bond donors (Lipinski definition) is 1. The van der Waals surface area contributed by atoms with Gasteiger partial charge in [0.1, 0.15) is 5.75 Å². The third-order valence-electron chi connectivity index (χ3n) is 3.39. The number of nitrogens with one attached hydrogen (secondary N) is 1. The molecule has 3 rings (SSSR count). The fraction of sp³-hybridized carbons (Fsp3) is 0.500. The Morgan fingerprint density at radius 2 is 2.21 bits per heavy atom. The molecule has 5 nitrogen and oxygen atoms in total. The average Bonchev–Trinajstić information content (AvgIpc) is 3.16. The minimum atomic E-state index is -0.324. The zero-order valence-electron chi connectivity index (χ0n) is 10.8. The van der Waals surface area contributed by atoms with Gasteiger partial charge in [-0.3, -0.25) is 0 Å². The van der Waals surface area contributed by atoms with Gasteiger partial charge in [0.15, 0.2) is 0 Å². The van der Waals surface area contributed by atoms with Crippen molar-refractivity contribution in [1.82, 2.24) is 4.90 Å². The van der Waals surface area contributed by atoms with Gasteiger partial charge in [0.25, 0.3) is 0 Å².